The van der Waals surface area contributed by atoms with Gasteiger partial charge in [0.05, 0.1) is 19.3 Å². The second-order valence-corrected chi connectivity index (χ2v) is 6.28. The fraction of sp³-hybridized carbons (Fsp3) is 0.933. The third-order valence-electron chi connectivity index (χ3n) is 4.98. The van der Waals surface area contributed by atoms with E-state index in [9.17, 15) is 5.26 Å². The SMILES string of the molecule is N#CC1(NC2CCCCC2)CCC2(CC1)OCCO2. The zero-order valence-electron chi connectivity index (χ0n) is 11.6. The van der Waals surface area contributed by atoms with Crippen molar-refractivity contribution in [2.24, 2.45) is 0 Å². The fourth-order valence-electron chi connectivity index (χ4n) is 3.77. The van der Waals surface area contributed by atoms with Gasteiger partial charge in [-0.15, -0.1) is 0 Å². The predicted molar refractivity (Wildman–Crippen MR) is 71.5 cm³/mol. The maximum atomic E-state index is 9.61. The molecule has 1 saturated heterocycles. The Morgan fingerprint density at radius 3 is 2.16 bits per heavy atom. The lowest BCUT2D eigenvalue weighted by Crippen LogP contribution is -2.54. The maximum absolute atomic E-state index is 9.61. The van der Waals surface area contributed by atoms with Gasteiger partial charge >= 0.3 is 0 Å². The minimum atomic E-state index is -0.366. The lowest BCUT2D eigenvalue weighted by atomic mass is 9.78. The van der Waals surface area contributed by atoms with Gasteiger partial charge < -0.3 is 9.47 Å². The lowest BCUT2D eigenvalue weighted by Gasteiger charge is -2.42. The van der Waals surface area contributed by atoms with Crippen molar-refractivity contribution >= 4 is 0 Å². The molecule has 0 aromatic rings. The molecule has 0 amide bonds. The molecule has 0 aromatic carbocycles. The Morgan fingerprint density at radius 1 is 0.947 bits per heavy atom. The van der Waals surface area contributed by atoms with Gasteiger partial charge in [-0.05, 0) is 25.7 Å². The van der Waals surface area contributed by atoms with E-state index in [0.717, 1.165) is 25.7 Å². The van der Waals surface area contributed by atoms with E-state index in [0.29, 0.717) is 19.3 Å². The van der Waals surface area contributed by atoms with Crippen molar-refractivity contribution in [2.75, 3.05) is 13.2 Å². The molecule has 0 aromatic heterocycles. The molecule has 19 heavy (non-hydrogen) atoms. The third kappa shape index (κ3) is 2.79. The third-order valence-corrected chi connectivity index (χ3v) is 4.98. The Morgan fingerprint density at radius 2 is 1.58 bits per heavy atom. The van der Waals surface area contributed by atoms with Crippen LogP contribution in [0.4, 0.5) is 0 Å². The quantitative estimate of drug-likeness (QED) is 0.832. The maximum Gasteiger partial charge on any atom is 0.168 e. The number of nitrogens with one attached hydrogen (secondary N) is 1. The fourth-order valence-corrected chi connectivity index (χ4v) is 3.77. The van der Waals surface area contributed by atoms with Gasteiger partial charge in [0, 0.05) is 18.9 Å². The van der Waals surface area contributed by atoms with Crippen molar-refractivity contribution in [1.82, 2.24) is 5.32 Å². The van der Waals surface area contributed by atoms with Gasteiger partial charge in [0.15, 0.2) is 5.79 Å². The van der Waals surface area contributed by atoms with E-state index in [1.165, 1.54) is 32.1 Å². The summed E-state index contributed by atoms with van der Waals surface area (Å²) in [6, 6.07) is 3.08. The summed E-state index contributed by atoms with van der Waals surface area (Å²) in [4.78, 5) is 0. The number of nitrogens with zero attached hydrogens (tertiary/aromatic N) is 1. The summed E-state index contributed by atoms with van der Waals surface area (Å²) in [6.45, 7) is 1.41. The normalized spacial score (nSPS) is 30.3. The minimum absolute atomic E-state index is 0.345. The Hall–Kier alpha value is -0.630. The summed E-state index contributed by atoms with van der Waals surface area (Å²) in [7, 11) is 0. The van der Waals surface area contributed by atoms with Crippen LogP contribution in [0.25, 0.3) is 0 Å². The number of rotatable bonds is 2. The van der Waals surface area contributed by atoms with E-state index in [1.807, 2.05) is 0 Å². The van der Waals surface area contributed by atoms with Crippen molar-refractivity contribution in [3.05, 3.63) is 0 Å². The second kappa shape index (κ2) is 5.40. The van der Waals surface area contributed by atoms with Crippen LogP contribution in [0.3, 0.4) is 0 Å². The second-order valence-electron chi connectivity index (χ2n) is 6.28. The first-order valence-corrected chi connectivity index (χ1v) is 7.73. The monoisotopic (exact) mass is 264 g/mol. The molecule has 1 spiro atoms. The zero-order valence-corrected chi connectivity index (χ0v) is 11.6. The molecule has 106 valence electrons. The smallest absolute Gasteiger partial charge is 0.168 e. The number of hydrogen-bond donors (Lipinski definition) is 1. The molecular weight excluding hydrogens is 240 g/mol. The molecule has 0 radical (unpaired) electrons. The molecule has 1 aliphatic heterocycles. The Balaban J connectivity index is 1.60. The standard InChI is InChI=1S/C15H24N2O2/c16-12-14(17-13-4-2-1-3-5-13)6-8-15(9-7-14)18-10-11-19-15/h13,17H,1-11H2. The van der Waals surface area contributed by atoms with E-state index in [-0.39, 0.29) is 11.3 Å². The molecule has 0 bridgehead atoms. The molecule has 0 unspecified atom stereocenters. The van der Waals surface area contributed by atoms with Gasteiger partial charge in [0.1, 0.15) is 5.54 Å². The lowest BCUT2D eigenvalue weighted by molar-refractivity contribution is -0.183. The highest BCUT2D eigenvalue weighted by molar-refractivity contribution is 5.12. The van der Waals surface area contributed by atoms with Gasteiger partial charge in [-0.25, -0.2) is 0 Å². The minimum Gasteiger partial charge on any atom is -0.348 e. The van der Waals surface area contributed by atoms with Crippen LogP contribution in [0.1, 0.15) is 57.8 Å². The molecular formula is C15H24N2O2. The number of nitriles is 1. The van der Waals surface area contributed by atoms with Crippen LogP contribution in [0, 0.1) is 11.3 Å². The first-order valence-electron chi connectivity index (χ1n) is 7.73. The van der Waals surface area contributed by atoms with Crippen LogP contribution in [0.15, 0.2) is 0 Å². The van der Waals surface area contributed by atoms with E-state index in [4.69, 9.17) is 9.47 Å². The summed E-state index contributed by atoms with van der Waals surface area (Å²) < 4.78 is 11.5. The average molecular weight is 264 g/mol. The number of ether oxygens (including phenoxy) is 2. The first-order chi connectivity index (χ1) is 9.26. The van der Waals surface area contributed by atoms with Crippen molar-refractivity contribution in [3.8, 4) is 6.07 Å². The number of hydrogen-bond acceptors (Lipinski definition) is 4. The molecule has 3 aliphatic rings. The predicted octanol–water partition coefficient (Wildman–Crippen LogP) is 2.49. The van der Waals surface area contributed by atoms with Crippen molar-refractivity contribution in [1.29, 1.82) is 5.26 Å². The highest BCUT2D eigenvalue weighted by atomic mass is 16.7. The first kappa shape index (κ1) is 13.4. The summed E-state index contributed by atoms with van der Waals surface area (Å²) in [6.07, 6.45) is 9.79. The van der Waals surface area contributed by atoms with E-state index < -0.39 is 0 Å². The van der Waals surface area contributed by atoms with Crippen LogP contribution >= 0.6 is 0 Å². The molecule has 1 heterocycles. The van der Waals surface area contributed by atoms with Gasteiger partial charge in [-0.2, -0.15) is 5.26 Å². The van der Waals surface area contributed by atoms with Gasteiger partial charge in [0.2, 0.25) is 0 Å². The summed E-state index contributed by atoms with van der Waals surface area (Å²) in [5.74, 6) is -0.366. The van der Waals surface area contributed by atoms with E-state index >= 15 is 0 Å². The molecule has 0 atom stereocenters. The largest absolute Gasteiger partial charge is 0.348 e. The van der Waals surface area contributed by atoms with Crippen LogP contribution in [-0.4, -0.2) is 30.6 Å². The molecule has 4 nitrogen and oxygen atoms in total. The highest BCUT2D eigenvalue weighted by Gasteiger charge is 2.47. The molecule has 3 rings (SSSR count). The summed E-state index contributed by atoms with van der Waals surface area (Å²) >= 11 is 0. The van der Waals surface area contributed by atoms with E-state index in [2.05, 4.69) is 11.4 Å². The average Bonchev–Trinajstić information content (AvgIpc) is 2.92. The van der Waals surface area contributed by atoms with Crippen LogP contribution < -0.4 is 5.32 Å². The van der Waals surface area contributed by atoms with Gasteiger partial charge in [-0.1, -0.05) is 19.3 Å². The summed E-state index contributed by atoms with van der Waals surface area (Å²) in [5.41, 5.74) is -0.345. The Kier molecular flexibility index (Phi) is 3.79. The zero-order chi connectivity index (χ0) is 13.2. The van der Waals surface area contributed by atoms with Crippen molar-refractivity contribution in [2.45, 2.75) is 75.2 Å². The van der Waals surface area contributed by atoms with Gasteiger partial charge in [0.25, 0.3) is 0 Å². The van der Waals surface area contributed by atoms with Gasteiger partial charge in [-0.3, -0.25) is 5.32 Å². The van der Waals surface area contributed by atoms with E-state index in [1.54, 1.807) is 0 Å². The van der Waals surface area contributed by atoms with Crippen LogP contribution in [0.2, 0.25) is 0 Å². The summed E-state index contributed by atoms with van der Waals surface area (Å²) in [5, 5.41) is 13.3. The van der Waals surface area contributed by atoms with Crippen molar-refractivity contribution < 1.29 is 9.47 Å². The molecule has 1 N–H and O–H groups in total. The molecule has 2 saturated carbocycles. The molecule has 3 fully saturated rings. The van der Waals surface area contributed by atoms with Crippen LogP contribution in [0.5, 0.6) is 0 Å². The Bertz CT molecular complexity index is 342. The van der Waals surface area contributed by atoms with Crippen LogP contribution in [-0.2, 0) is 9.47 Å². The Labute approximate surface area is 115 Å². The molecule has 4 heteroatoms. The van der Waals surface area contributed by atoms with Crippen molar-refractivity contribution in [3.63, 3.8) is 0 Å². The highest BCUT2D eigenvalue weighted by Crippen LogP contribution is 2.40. The topological polar surface area (TPSA) is 54.3 Å². The molecule has 2 aliphatic carbocycles.